The Bertz CT molecular complexity index is 612. The van der Waals surface area contributed by atoms with Crippen LogP contribution in [0, 0.1) is 0 Å². The summed E-state index contributed by atoms with van der Waals surface area (Å²) in [4.78, 5) is 27.3. The van der Waals surface area contributed by atoms with Crippen molar-refractivity contribution < 1.29 is 0 Å². The van der Waals surface area contributed by atoms with E-state index in [9.17, 15) is 9.59 Å². The van der Waals surface area contributed by atoms with Gasteiger partial charge in [0.15, 0.2) is 0 Å². The summed E-state index contributed by atoms with van der Waals surface area (Å²) in [5.74, 6) is 0. The van der Waals surface area contributed by atoms with Crippen LogP contribution in [0.3, 0.4) is 0 Å². The topological polar surface area (TPSA) is 77.8 Å². The van der Waals surface area contributed by atoms with E-state index in [0.717, 1.165) is 18.7 Å². The van der Waals surface area contributed by atoms with Gasteiger partial charge >= 0.3 is 11.1 Å². The number of hydrogen-bond donors (Lipinski definition) is 3. The highest BCUT2D eigenvalue weighted by atomic mass is 16.2. The van der Waals surface area contributed by atoms with Crippen LogP contribution < -0.4 is 16.4 Å². The molecule has 0 spiro atoms. The Morgan fingerprint density at radius 3 is 2.50 bits per heavy atom. The van der Waals surface area contributed by atoms with Gasteiger partial charge in [-0.1, -0.05) is 6.92 Å². The zero-order valence-corrected chi connectivity index (χ0v) is 8.96. The average Bonchev–Trinajstić information content (AvgIpc) is 2.28. The van der Waals surface area contributed by atoms with Gasteiger partial charge in [0.1, 0.15) is 0 Å². The summed E-state index contributed by atoms with van der Waals surface area (Å²) in [5.41, 5.74) is 0.941. The van der Waals surface area contributed by atoms with Crippen LogP contribution in [0.1, 0.15) is 13.3 Å². The average molecular weight is 219 g/mol. The van der Waals surface area contributed by atoms with Crippen LogP contribution in [0.2, 0.25) is 0 Å². The normalized spacial score (nSPS) is 10.6. The van der Waals surface area contributed by atoms with Crippen LogP contribution in [0.15, 0.2) is 27.8 Å². The maximum Gasteiger partial charge on any atom is 0.314 e. The number of aromatic amines is 2. The molecule has 2 aromatic rings. The van der Waals surface area contributed by atoms with E-state index in [0.29, 0.717) is 11.0 Å². The maximum absolute atomic E-state index is 11.1. The molecule has 0 radical (unpaired) electrons. The van der Waals surface area contributed by atoms with E-state index in [2.05, 4.69) is 22.2 Å². The Kier molecular flexibility index (Phi) is 2.76. The lowest BCUT2D eigenvalue weighted by atomic mass is 10.2. The Balaban J connectivity index is 2.49. The summed E-state index contributed by atoms with van der Waals surface area (Å²) in [6.45, 7) is 2.95. The number of aromatic nitrogens is 2. The van der Waals surface area contributed by atoms with Gasteiger partial charge in [0.2, 0.25) is 0 Å². The molecule has 3 N–H and O–H groups in total. The minimum absolute atomic E-state index is 0.623. The van der Waals surface area contributed by atoms with E-state index in [1.807, 2.05) is 12.1 Å². The molecule has 1 aromatic heterocycles. The lowest BCUT2D eigenvalue weighted by molar-refractivity contribution is 0.980. The Morgan fingerprint density at radius 2 is 1.81 bits per heavy atom. The molecule has 5 nitrogen and oxygen atoms in total. The van der Waals surface area contributed by atoms with Gasteiger partial charge in [-0.05, 0) is 24.6 Å². The molecule has 1 heterocycles. The van der Waals surface area contributed by atoms with Crippen molar-refractivity contribution in [3.8, 4) is 0 Å². The van der Waals surface area contributed by atoms with Gasteiger partial charge in [0.05, 0.1) is 11.0 Å². The molecule has 16 heavy (non-hydrogen) atoms. The number of anilines is 1. The van der Waals surface area contributed by atoms with Gasteiger partial charge in [-0.25, -0.2) is 0 Å². The fourth-order valence-electron chi connectivity index (χ4n) is 1.49. The van der Waals surface area contributed by atoms with Crippen molar-refractivity contribution in [3.63, 3.8) is 0 Å². The van der Waals surface area contributed by atoms with Crippen molar-refractivity contribution in [3.05, 3.63) is 38.9 Å². The van der Waals surface area contributed by atoms with E-state index in [4.69, 9.17) is 0 Å². The molecular formula is C11H13N3O2. The van der Waals surface area contributed by atoms with Crippen LogP contribution in [-0.2, 0) is 0 Å². The van der Waals surface area contributed by atoms with Crippen LogP contribution in [0.4, 0.5) is 5.69 Å². The zero-order chi connectivity index (χ0) is 11.5. The molecule has 0 bridgehead atoms. The SMILES string of the molecule is CCCNc1ccc2[nH]c(=O)c(=O)[nH]c2c1. The number of hydrogen-bond acceptors (Lipinski definition) is 3. The number of fused-ring (bicyclic) bond motifs is 1. The summed E-state index contributed by atoms with van der Waals surface area (Å²) in [7, 11) is 0. The molecule has 0 aliphatic carbocycles. The predicted octanol–water partition coefficient (Wildman–Crippen LogP) is 1.04. The first-order valence-electron chi connectivity index (χ1n) is 5.21. The first kappa shape index (κ1) is 10.5. The fraction of sp³-hybridized carbons (Fsp3) is 0.273. The standard InChI is InChI=1S/C11H13N3O2/c1-2-5-12-7-3-4-8-9(6-7)14-11(16)10(15)13-8/h3-4,6,12H,2,5H2,1H3,(H,13,15)(H,14,16). The van der Waals surface area contributed by atoms with E-state index in [1.165, 1.54) is 0 Å². The van der Waals surface area contributed by atoms with Crippen LogP contribution >= 0.6 is 0 Å². The van der Waals surface area contributed by atoms with Crippen LogP contribution in [0.5, 0.6) is 0 Å². The van der Waals surface area contributed by atoms with Gasteiger partial charge in [-0.2, -0.15) is 0 Å². The second-order valence-electron chi connectivity index (χ2n) is 3.60. The fourth-order valence-corrected chi connectivity index (χ4v) is 1.49. The lowest BCUT2D eigenvalue weighted by Crippen LogP contribution is -2.28. The molecule has 0 saturated heterocycles. The zero-order valence-electron chi connectivity index (χ0n) is 8.96. The number of rotatable bonds is 3. The molecule has 2 rings (SSSR count). The summed E-state index contributed by atoms with van der Waals surface area (Å²) < 4.78 is 0. The first-order chi connectivity index (χ1) is 7.70. The van der Waals surface area contributed by atoms with Crippen molar-refractivity contribution in [2.75, 3.05) is 11.9 Å². The first-order valence-corrected chi connectivity index (χ1v) is 5.21. The maximum atomic E-state index is 11.1. The molecule has 0 atom stereocenters. The third-order valence-corrected chi connectivity index (χ3v) is 2.30. The van der Waals surface area contributed by atoms with E-state index in [1.54, 1.807) is 6.07 Å². The molecule has 0 unspecified atom stereocenters. The van der Waals surface area contributed by atoms with Crippen molar-refractivity contribution >= 4 is 16.7 Å². The summed E-state index contributed by atoms with van der Waals surface area (Å²) >= 11 is 0. The third-order valence-electron chi connectivity index (χ3n) is 2.30. The van der Waals surface area contributed by atoms with E-state index in [-0.39, 0.29) is 0 Å². The minimum Gasteiger partial charge on any atom is -0.385 e. The van der Waals surface area contributed by atoms with Gasteiger partial charge in [0, 0.05) is 12.2 Å². The quantitative estimate of drug-likeness (QED) is 0.675. The van der Waals surface area contributed by atoms with Crippen molar-refractivity contribution in [1.29, 1.82) is 0 Å². The van der Waals surface area contributed by atoms with Gasteiger partial charge in [0.25, 0.3) is 0 Å². The van der Waals surface area contributed by atoms with E-state index < -0.39 is 11.1 Å². The second-order valence-corrected chi connectivity index (χ2v) is 3.60. The molecule has 5 heteroatoms. The Hall–Kier alpha value is -2.04. The highest BCUT2D eigenvalue weighted by molar-refractivity contribution is 5.78. The Labute approximate surface area is 91.5 Å². The Morgan fingerprint density at radius 1 is 1.12 bits per heavy atom. The molecule has 0 aliphatic rings. The van der Waals surface area contributed by atoms with Crippen molar-refractivity contribution in [2.24, 2.45) is 0 Å². The van der Waals surface area contributed by atoms with Crippen molar-refractivity contribution in [2.45, 2.75) is 13.3 Å². The number of nitrogens with one attached hydrogen (secondary N) is 3. The van der Waals surface area contributed by atoms with Gasteiger partial charge in [-0.3, -0.25) is 9.59 Å². The highest BCUT2D eigenvalue weighted by Gasteiger charge is 1.99. The molecular weight excluding hydrogens is 206 g/mol. The predicted molar refractivity (Wildman–Crippen MR) is 64.0 cm³/mol. The lowest BCUT2D eigenvalue weighted by Gasteiger charge is -2.05. The van der Waals surface area contributed by atoms with Crippen LogP contribution in [0.25, 0.3) is 11.0 Å². The summed E-state index contributed by atoms with van der Waals surface area (Å²) in [5, 5.41) is 3.21. The molecule has 0 saturated carbocycles. The summed E-state index contributed by atoms with van der Waals surface area (Å²) in [6.07, 6.45) is 1.03. The smallest absolute Gasteiger partial charge is 0.314 e. The molecule has 84 valence electrons. The van der Waals surface area contributed by atoms with E-state index >= 15 is 0 Å². The van der Waals surface area contributed by atoms with Crippen LogP contribution in [-0.4, -0.2) is 16.5 Å². The third kappa shape index (κ3) is 1.98. The molecule has 0 amide bonds. The molecule has 0 aliphatic heterocycles. The van der Waals surface area contributed by atoms with Crippen molar-refractivity contribution in [1.82, 2.24) is 9.97 Å². The van der Waals surface area contributed by atoms with Gasteiger partial charge < -0.3 is 15.3 Å². The largest absolute Gasteiger partial charge is 0.385 e. The molecule has 0 fully saturated rings. The highest BCUT2D eigenvalue weighted by Crippen LogP contribution is 2.13. The minimum atomic E-state index is -0.625. The number of benzene rings is 1. The second kappa shape index (κ2) is 4.22. The molecule has 1 aromatic carbocycles. The summed E-state index contributed by atoms with van der Waals surface area (Å²) in [6, 6.07) is 5.44. The number of H-pyrrole nitrogens is 2. The van der Waals surface area contributed by atoms with Gasteiger partial charge in [-0.15, -0.1) is 0 Å². The monoisotopic (exact) mass is 219 g/mol.